The van der Waals surface area contributed by atoms with Crippen molar-refractivity contribution in [2.45, 2.75) is 6.54 Å². The van der Waals surface area contributed by atoms with E-state index in [0.29, 0.717) is 17.0 Å². The molecule has 0 aliphatic heterocycles. The molecule has 1 amide bonds. The van der Waals surface area contributed by atoms with E-state index in [9.17, 15) is 4.79 Å². The van der Waals surface area contributed by atoms with Gasteiger partial charge in [-0.05, 0) is 34.8 Å². The number of carbonyl (C=O) groups is 1. The molecule has 2 aromatic heterocycles. The average Bonchev–Trinajstić information content (AvgIpc) is 3.08. The van der Waals surface area contributed by atoms with Gasteiger partial charge in [0.05, 0.1) is 24.6 Å². The molecule has 0 unspecified atom stereocenters. The summed E-state index contributed by atoms with van der Waals surface area (Å²) in [6.07, 6.45) is 4.35. The Balaban J connectivity index is 1.90. The number of fused-ring (bicyclic) bond motifs is 1. The molecule has 0 atom stereocenters. The molecule has 3 rings (SSSR count). The van der Waals surface area contributed by atoms with Crippen LogP contribution in [0.2, 0.25) is 0 Å². The minimum absolute atomic E-state index is 0.0258. The maximum Gasteiger partial charge on any atom is 0.255 e. The Morgan fingerprint density at radius 2 is 2.12 bits per heavy atom. The number of amides is 1. The van der Waals surface area contributed by atoms with Crippen molar-refractivity contribution in [1.29, 1.82) is 0 Å². The zero-order valence-electron chi connectivity index (χ0n) is 12.6. The third kappa shape index (κ3) is 3.62. The summed E-state index contributed by atoms with van der Waals surface area (Å²) in [4.78, 5) is 25.8. The fourth-order valence-corrected chi connectivity index (χ4v) is 2.11. The zero-order chi connectivity index (χ0) is 17.6. The van der Waals surface area contributed by atoms with Crippen molar-refractivity contribution in [2.75, 3.05) is 5.32 Å². The number of hydrogen-bond acceptors (Lipinski definition) is 6. The zero-order valence-corrected chi connectivity index (χ0v) is 12.6. The van der Waals surface area contributed by atoms with Gasteiger partial charge in [-0.15, -0.1) is 0 Å². The summed E-state index contributed by atoms with van der Waals surface area (Å²) in [5, 5.41) is 13.5. The van der Waals surface area contributed by atoms with Gasteiger partial charge in [-0.2, -0.15) is 10.1 Å². The highest BCUT2D eigenvalue weighted by Gasteiger charge is 2.10. The largest absolute Gasteiger partial charge is 0.319 e. The van der Waals surface area contributed by atoms with E-state index in [2.05, 4.69) is 40.4 Å². The molecule has 1 N–H and O–H groups in total. The number of anilines is 1. The summed E-state index contributed by atoms with van der Waals surface area (Å²) in [6.45, 7) is 0.0258. The molecular weight excluding hydrogens is 326 g/mol. The number of azide groups is 2. The second kappa shape index (κ2) is 6.96. The Morgan fingerprint density at radius 1 is 1.24 bits per heavy atom. The van der Waals surface area contributed by atoms with E-state index in [0.717, 1.165) is 0 Å². The summed E-state index contributed by atoms with van der Waals surface area (Å²) in [5.74, 6) is -0.0431. The SMILES string of the molecule is [N-]=[N+]=NCc1cc(N=[N+]=[N-])cc(C(=O)Nc2cnc3ncnn3c2)c1. The van der Waals surface area contributed by atoms with Gasteiger partial charge in [0, 0.05) is 21.1 Å². The van der Waals surface area contributed by atoms with Crippen molar-refractivity contribution in [3.63, 3.8) is 0 Å². The molecular formula is C13H9N11O. The Kier molecular flexibility index (Phi) is 4.38. The Hall–Kier alpha value is -4.14. The van der Waals surface area contributed by atoms with Gasteiger partial charge < -0.3 is 5.32 Å². The van der Waals surface area contributed by atoms with Gasteiger partial charge in [-0.25, -0.2) is 9.50 Å². The topological polar surface area (TPSA) is 170 Å². The van der Waals surface area contributed by atoms with Crippen LogP contribution in [0.5, 0.6) is 0 Å². The van der Waals surface area contributed by atoms with E-state index in [1.807, 2.05) is 0 Å². The minimum Gasteiger partial charge on any atom is -0.319 e. The third-order valence-electron chi connectivity index (χ3n) is 3.11. The van der Waals surface area contributed by atoms with Crippen LogP contribution in [-0.2, 0) is 6.54 Å². The highest BCUT2D eigenvalue weighted by Crippen LogP contribution is 2.20. The quantitative estimate of drug-likeness (QED) is 0.429. The third-order valence-corrected chi connectivity index (χ3v) is 3.11. The highest BCUT2D eigenvalue weighted by molar-refractivity contribution is 6.04. The fourth-order valence-electron chi connectivity index (χ4n) is 2.11. The van der Waals surface area contributed by atoms with Crippen LogP contribution in [0, 0.1) is 0 Å². The number of nitrogens with zero attached hydrogens (tertiary/aromatic N) is 10. The van der Waals surface area contributed by atoms with E-state index in [-0.39, 0.29) is 17.8 Å². The molecule has 0 aliphatic rings. The molecule has 0 spiro atoms. The second-order valence-electron chi connectivity index (χ2n) is 4.77. The van der Waals surface area contributed by atoms with E-state index < -0.39 is 5.91 Å². The van der Waals surface area contributed by atoms with Crippen molar-refractivity contribution in [2.24, 2.45) is 10.2 Å². The molecule has 0 saturated carbocycles. The van der Waals surface area contributed by atoms with Crippen LogP contribution in [0.3, 0.4) is 0 Å². The summed E-state index contributed by atoms with van der Waals surface area (Å²) >= 11 is 0. The fraction of sp³-hybridized carbons (Fsp3) is 0.0769. The molecule has 3 aromatic rings. The first-order chi connectivity index (χ1) is 12.2. The van der Waals surface area contributed by atoms with Crippen LogP contribution in [0.25, 0.3) is 26.7 Å². The van der Waals surface area contributed by atoms with Crippen molar-refractivity contribution in [3.8, 4) is 0 Å². The van der Waals surface area contributed by atoms with Crippen molar-refractivity contribution in [3.05, 3.63) is 68.9 Å². The normalized spacial score (nSPS) is 9.92. The summed E-state index contributed by atoms with van der Waals surface area (Å²) in [6, 6.07) is 4.51. The molecule has 0 fully saturated rings. The number of carbonyl (C=O) groups excluding carboxylic acids is 1. The molecule has 12 nitrogen and oxygen atoms in total. The van der Waals surface area contributed by atoms with Gasteiger partial charge in [-0.3, -0.25) is 4.79 Å². The van der Waals surface area contributed by atoms with E-state index in [1.165, 1.54) is 29.2 Å². The smallest absolute Gasteiger partial charge is 0.255 e. The van der Waals surface area contributed by atoms with E-state index in [4.69, 9.17) is 11.1 Å². The molecule has 0 aliphatic carbocycles. The monoisotopic (exact) mass is 335 g/mol. The van der Waals surface area contributed by atoms with Crippen LogP contribution in [0.4, 0.5) is 11.4 Å². The summed E-state index contributed by atoms with van der Waals surface area (Å²) in [5.41, 5.74) is 18.4. The van der Waals surface area contributed by atoms with Crippen LogP contribution >= 0.6 is 0 Å². The molecule has 122 valence electrons. The first-order valence-electron chi connectivity index (χ1n) is 6.86. The lowest BCUT2D eigenvalue weighted by molar-refractivity contribution is 0.102. The van der Waals surface area contributed by atoms with E-state index >= 15 is 0 Å². The van der Waals surface area contributed by atoms with Gasteiger partial charge in [0.1, 0.15) is 6.33 Å². The lowest BCUT2D eigenvalue weighted by atomic mass is 10.1. The van der Waals surface area contributed by atoms with Gasteiger partial charge >= 0.3 is 0 Å². The van der Waals surface area contributed by atoms with Crippen molar-refractivity contribution < 1.29 is 4.79 Å². The average molecular weight is 335 g/mol. The standard InChI is InChI=1S/C13H9N11O/c14-22-18-4-8-1-9(3-10(2-8)21-23-15)12(25)20-11-5-16-13-17-7-19-24(13)6-11/h1-3,5-7H,4H2,(H,20,25). The van der Waals surface area contributed by atoms with E-state index in [1.54, 1.807) is 12.3 Å². The van der Waals surface area contributed by atoms with Crippen molar-refractivity contribution >= 4 is 23.1 Å². The number of hydrogen-bond donors (Lipinski definition) is 1. The summed E-state index contributed by atoms with van der Waals surface area (Å²) < 4.78 is 1.42. The lowest BCUT2D eigenvalue weighted by Gasteiger charge is -2.07. The second-order valence-corrected chi connectivity index (χ2v) is 4.77. The Morgan fingerprint density at radius 3 is 2.92 bits per heavy atom. The maximum absolute atomic E-state index is 12.4. The number of aromatic nitrogens is 4. The maximum atomic E-state index is 12.4. The lowest BCUT2D eigenvalue weighted by Crippen LogP contribution is -2.13. The molecule has 0 bridgehead atoms. The Labute approximate surface area is 139 Å². The molecule has 0 saturated heterocycles. The van der Waals surface area contributed by atoms with Crippen LogP contribution < -0.4 is 5.32 Å². The molecule has 25 heavy (non-hydrogen) atoms. The van der Waals surface area contributed by atoms with Crippen LogP contribution in [0.1, 0.15) is 15.9 Å². The molecule has 2 heterocycles. The molecule has 12 heteroatoms. The van der Waals surface area contributed by atoms with Gasteiger partial charge in [0.15, 0.2) is 0 Å². The number of benzene rings is 1. The van der Waals surface area contributed by atoms with Gasteiger partial charge in [-0.1, -0.05) is 10.2 Å². The van der Waals surface area contributed by atoms with Crippen LogP contribution in [-0.4, -0.2) is 25.5 Å². The van der Waals surface area contributed by atoms with Gasteiger partial charge in [0.2, 0.25) is 0 Å². The molecule has 0 radical (unpaired) electrons. The van der Waals surface area contributed by atoms with Crippen LogP contribution in [0.15, 0.2) is 47.1 Å². The minimum atomic E-state index is -0.446. The predicted molar refractivity (Wildman–Crippen MR) is 86.8 cm³/mol. The van der Waals surface area contributed by atoms with Crippen molar-refractivity contribution in [1.82, 2.24) is 19.6 Å². The number of rotatable bonds is 5. The molecule has 1 aromatic carbocycles. The van der Waals surface area contributed by atoms with Gasteiger partial charge in [0.25, 0.3) is 11.7 Å². The highest BCUT2D eigenvalue weighted by atomic mass is 16.1. The first-order valence-corrected chi connectivity index (χ1v) is 6.86. The summed E-state index contributed by atoms with van der Waals surface area (Å²) in [7, 11) is 0. The first kappa shape index (κ1) is 15.7. The number of nitrogens with one attached hydrogen (secondary N) is 1. The Bertz CT molecular complexity index is 1040. The predicted octanol–water partition coefficient (Wildman–Crippen LogP) is 3.13.